The molecule has 0 aromatic heterocycles. The molecule has 0 saturated heterocycles. The third-order valence-electron chi connectivity index (χ3n) is 3.35. The normalized spacial score (nSPS) is 13.7. The molecule has 1 rings (SSSR count). The number of hydrogen-bond acceptors (Lipinski definition) is 4. The molecule has 1 N–H and O–H groups in total. The Balaban J connectivity index is 2.38. The topological polar surface area (TPSA) is 57.6 Å². The zero-order chi connectivity index (χ0) is 14.5. The van der Waals surface area contributed by atoms with E-state index in [4.69, 9.17) is 0 Å². The number of hydrogen-bond donors (Lipinski definition) is 1. The number of aryl methyl sites for hydroxylation is 1. The molecule has 1 unspecified atom stereocenters. The van der Waals surface area contributed by atoms with E-state index in [-0.39, 0.29) is 11.5 Å². The van der Waals surface area contributed by atoms with Crippen LogP contribution in [0.4, 0.5) is 0 Å². The van der Waals surface area contributed by atoms with Gasteiger partial charge in [-0.25, -0.2) is 8.42 Å². The number of aromatic hydroxyl groups is 1. The van der Waals surface area contributed by atoms with Gasteiger partial charge in [0.2, 0.25) is 0 Å². The minimum Gasteiger partial charge on any atom is -0.508 e. The van der Waals surface area contributed by atoms with E-state index in [1.807, 2.05) is 19.2 Å². The van der Waals surface area contributed by atoms with Crippen LogP contribution in [0.5, 0.6) is 5.75 Å². The molecule has 0 heterocycles. The molecule has 0 fully saturated rings. The Labute approximate surface area is 116 Å². The number of nitrogens with zero attached hydrogens (tertiary/aromatic N) is 1. The van der Waals surface area contributed by atoms with E-state index in [2.05, 4.69) is 11.8 Å². The van der Waals surface area contributed by atoms with E-state index in [1.54, 1.807) is 12.1 Å². The van der Waals surface area contributed by atoms with E-state index in [1.165, 1.54) is 11.8 Å². The van der Waals surface area contributed by atoms with Crippen molar-refractivity contribution in [1.29, 1.82) is 0 Å². The SMILES string of the molecule is CC(CCc1ccc(O)cc1)N(C)CCS(C)(=O)=O. The number of phenolic OH excluding ortho intramolecular Hbond substituents is 1. The quantitative estimate of drug-likeness (QED) is 0.828. The summed E-state index contributed by atoms with van der Waals surface area (Å²) in [6.07, 6.45) is 3.15. The summed E-state index contributed by atoms with van der Waals surface area (Å²) < 4.78 is 22.2. The molecule has 108 valence electrons. The molecule has 1 atom stereocenters. The Morgan fingerprint density at radius 3 is 2.37 bits per heavy atom. The van der Waals surface area contributed by atoms with E-state index in [0.717, 1.165) is 12.8 Å². The molecule has 0 amide bonds. The van der Waals surface area contributed by atoms with Gasteiger partial charge < -0.3 is 10.0 Å². The minimum atomic E-state index is -2.89. The van der Waals surface area contributed by atoms with Crippen molar-refractivity contribution in [2.75, 3.05) is 25.6 Å². The summed E-state index contributed by atoms with van der Waals surface area (Å²) in [5.41, 5.74) is 1.18. The monoisotopic (exact) mass is 285 g/mol. The molecule has 5 heteroatoms. The maximum absolute atomic E-state index is 11.1. The first-order valence-corrected chi connectivity index (χ1v) is 8.50. The van der Waals surface area contributed by atoms with Crippen molar-refractivity contribution in [3.8, 4) is 5.75 Å². The Morgan fingerprint density at radius 1 is 1.26 bits per heavy atom. The molecule has 0 aliphatic carbocycles. The molecular weight excluding hydrogens is 262 g/mol. The van der Waals surface area contributed by atoms with Crippen LogP contribution >= 0.6 is 0 Å². The van der Waals surface area contributed by atoms with E-state index >= 15 is 0 Å². The van der Waals surface area contributed by atoms with Gasteiger partial charge in [-0.2, -0.15) is 0 Å². The summed E-state index contributed by atoms with van der Waals surface area (Å²) in [5.74, 6) is 0.481. The van der Waals surface area contributed by atoms with Gasteiger partial charge in [-0.15, -0.1) is 0 Å². The van der Waals surface area contributed by atoms with Crippen molar-refractivity contribution in [2.45, 2.75) is 25.8 Å². The lowest BCUT2D eigenvalue weighted by Crippen LogP contribution is -2.33. The van der Waals surface area contributed by atoms with Crippen LogP contribution in [0.15, 0.2) is 24.3 Å². The largest absolute Gasteiger partial charge is 0.508 e. The first-order valence-electron chi connectivity index (χ1n) is 6.44. The van der Waals surface area contributed by atoms with Crippen molar-refractivity contribution in [3.63, 3.8) is 0 Å². The summed E-state index contributed by atoms with van der Waals surface area (Å²) in [6, 6.07) is 7.54. The van der Waals surface area contributed by atoms with Crippen LogP contribution in [0.2, 0.25) is 0 Å². The van der Waals surface area contributed by atoms with Crippen LogP contribution in [-0.2, 0) is 16.3 Å². The standard InChI is InChI=1S/C14H23NO3S/c1-12(15(2)10-11-19(3,17)18)4-5-13-6-8-14(16)9-7-13/h6-9,12,16H,4-5,10-11H2,1-3H3. The molecule has 1 aromatic rings. The fourth-order valence-corrected chi connectivity index (χ4v) is 2.41. The third kappa shape index (κ3) is 6.59. The number of rotatable bonds is 7. The molecule has 19 heavy (non-hydrogen) atoms. The van der Waals surface area contributed by atoms with Gasteiger partial charge in [0, 0.05) is 18.8 Å². The van der Waals surface area contributed by atoms with Crippen molar-refractivity contribution < 1.29 is 13.5 Å². The Hall–Kier alpha value is -1.07. The molecule has 4 nitrogen and oxygen atoms in total. The van der Waals surface area contributed by atoms with Crippen LogP contribution in [0.3, 0.4) is 0 Å². The minimum absolute atomic E-state index is 0.201. The highest BCUT2D eigenvalue weighted by molar-refractivity contribution is 7.90. The Morgan fingerprint density at radius 2 is 1.84 bits per heavy atom. The van der Waals surface area contributed by atoms with Crippen molar-refractivity contribution in [3.05, 3.63) is 29.8 Å². The molecule has 0 saturated carbocycles. The number of benzene rings is 1. The van der Waals surface area contributed by atoms with Gasteiger partial charge in [0.05, 0.1) is 5.75 Å². The average Bonchev–Trinajstić information content (AvgIpc) is 2.34. The van der Waals surface area contributed by atoms with Crippen LogP contribution < -0.4 is 0 Å². The molecular formula is C14H23NO3S. The van der Waals surface area contributed by atoms with Gasteiger partial charge >= 0.3 is 0 Å². The zero-order valence-corrected chi connectivity index (χ0v) is 12.7. The number of phenols is 1. The fourth-order valence-electron chi connectivity index (χ4n) is 1.79. The van der Waals surface area contributed by atoms with Crippen LogP contribution in [0.1, 0.15) is 18.9 Å². The zero-order valence-electron chi connectivity index (χ0n) is 11.8. The van der Waals surface area contributed by atoms with Gasteiger partial charge in [0.1, 0.15) is 15.6 Å². The Bertz CT molecular complexity index is 482. The van der Waals surface area contributed by atoms with Crippen molar-refractivity contribution >= 4 is 9.84 Å². The first kappa shape index (κ1) is 16.0. The second-order valence-corrected chi connectivity index (χ2v) is 7.42. The molecule has 1 aromatic carbocycles. The summed E-state index contributed by atoms with van der Waals surface area (Å²) in [6.45, 7) is 2.66. The molecule has 0 aliphatic rings. The second kappa shape index (κ2) is 6.91. The highest BCUT2D eigenvalue weighted by atomic mass is 32.2. The Kier molecular flexibility index (Phi) is 5.82. The molecule has 0 spiro atoms. The van der Waals surface area contributed by atoms with Gasteiger partial charge in [-0.1, -0.05) is 12.1 Å². The molecule has 0 bridgehead atoms. The maximum Gasteiger partial charge on any atom is 0.148 e. The first-order chi connectivity index (χ1) is 8.78. The predicted molar refractivity (Wildman–Crippen MR) is 78.2 cm³/mol. The highest BCUT2D eigenvalue weighted by Gasteiger charge is 2.11. The van der Waals surface area contributed by atoms with Crippen LogP contribution in [0.25, 0.3) is 0 Å². The van der Waals surface area contributed by atoms with Gasteiger partial charge in [0.15, 0.2) is 0 Å². The smallest absolute Gasteiger partial charge is 0.148 e. The second-order valence-electron chi connectivity index (χ2n) is 5.16. The lowest BCUT2D eigenvalue weighted by molar-refractivity contribution is 0.260. The van der Waals surface area contributed by atoms with E-state index in [0.29, 0.717) is 12.6 Å². The summed E-state index contributed by atoms with van der Waals surface area (Å²) in [7, 11) is -0.943. The van der Waals surface area contributed by atoms with Gasteiger partial charge in [-0.3, -0.25) is 0 Å². The lowest BCUT2D eigenvalue weighted by Gasteiger charge is -2.24. The van der Waals surface area contributed by atoms with E-state index < -0.39 is 9.84 Å². The van der Waals surface area contributed by atoms with Gasteiger partial charge in [0.25, 0.3) is 0 Å². The summed E-state index contributed by atoms with van der Waals surface area (Å²) in [5, 5.41) is 9.20. The fraction of sp³-hybridized carbons (Fsp3) is 0.571. The van der Waals surface area contributed by atoms with Crippen LogP contribution in [0, 0.1) is 0 Å². The summed E-state index contributed by atoms with van der Waals surface area (Å²) >= 11 is 0. The maximum atomic E-state index is 11.1. The molecule has 0 aliphatic heterocycles. The summed E-state index contributed by atoms with van der Waals surface area (Å²) in [4.78, 5) is 2.07. The lowest BCUT2D eigenvalue weighted by atomic mass is 10.1. The average molecular weight is 285 g/mol. The van der Waals surface area contributed by atoms with Crippen LogP contribution in [-0.4, -0.2) is 50.1 Å². The van der Waals surface area contributed by atoms with Crippen molar-refractivity contribution in [1.82, 2.24) is 4.90 Å². The van der Waals surface area contributed by atoms with Crippen molar-refractivity contribution in [2.24, 2.45) is 0 Å². The highest BCUT2D eigenvalue weighted by Crippen LogP contribution is 2.13. The van der Waals surface area contributed by atoms with Gasteiger partial charge in [-0.05, 0) is 44.5 Å². The predicted octanol–water partition coefficient (Wildman–Crippen LogP) is 1.69. The van der Waals surface area contributed by atoms with E-state index in [9.17, 15) is 13.5 Å². The number of sulfone groups is 1. The third-order valence-corrected chi connectivity index (χ3v) is 4.28. The molecule has 0 radical (unpaired) electrons.